The van der Waals surface area contributed by atoms with Crippen LogP contribution < -0.4 is 10.4 Å². The molecule has 1 saturated heterocycles. The Labute approximate surface area is 271 Å². The van der Waals surface area contributed by atoms with E-state index in [1.165, 1.54) is 6.92 Å². The number of nitrogens with one attached hydrogen (secondary N) is 1. The van der Waals surface area contributed by atoms with Gasteiger partial charge in [-0.1, -0.05) is 32.4 Å². The fourth-order valence-corrected chi connectivity index (χ4v) is 10.7. The van der Waals surface area contributed by atoms with Crippen LogP contribution in [0, 0.1) is 40.4 Å². The molecule has 4 N–H and O–H groups in total. The third kappa shape index (κ3) is 6.78. The Bertz CT molecular complexity index is 1290. The van der Waals surface area contributed by atoms with Crippen molar-refractivity contribution in [2.45, 2.75) is 128 Å². The van der Waals surface area contributed by atoms with Gasteiger partial charge in [0, 0.05) is 12.9 Å². The molecule has 13 nitrogen and oxygen atoms in total. The Hall–Kier alpha value is -1.65. The molecule has 0 bridgehead atoms. The van der Waals surface area contributed by atoms with Crippen LogP contribution in [-0.2, 0) is 33.6 Å². The summed E-state index contributed by atoms with van der Waals surface area (Å²) in [5, 5.41) is 45.4. The van der Waals surface area contributed by atoms with Gasteiger partial charge in [0.1, 0.15) is 24.4 Å². The number of aliphatic carboxylic acids is 1. The zero-order valence-electron chi connectivity index (χ0n) is 27.0. The molecular weight excluding hydrogens is 622 g/mol. The van der Waals surface area contributed by atoms with E-state index in [0.29, 0.717) is 19.3 Å². The van der Waals surface area contributed by atoms with Crippen molar-refractivity contribution >= 4 is 22.3 Å². The van der Waals surface area contributed by atoms with Gasteiger partial charge < -0.3 is 44.6 Å². The molecule has 1 heterocycles. The number of aliphatic hydroxyl groups excluding tert-OH is 3. The van der Waals surface area contributed by atoms with Crippen LogP contribution in [0.3, 0.4) is 0 Å². The van der Waals surface area contributed by atoms with E-state index in [1.807, 2.05) is 6.08 Å². The zero-order chi connectivity index (χ0) is 33.8. The summed E-state index contributed by atoms with van der Waals surface area (Å²) in [5.41, 5.74) is 0.496. The number of hydrogen-bond acceptors (Lipinski definition) is 12. The second-order valence-corrected chi connectivity index (χ2v) is 15.9. The predicted octanol–water partition coefficient (Wildman–Crippen LogP) is 0.516. The van der Waals surface area contributed by atoms with Crippen molar-refractivity contribution in [3.05, 3.63) is 11.6 Å². The van der Waals surface area contributed by atoms with Crippen molar-refractivity contribution in [1.29, 1.82) is 0 Å². The molecule has 1 amide bonds. The fourth-order valence-electron chi connectivity index (χ4n) is 10.2. The lowest BCUT2D eigenvalue weighted by Crippen LogP contribution is -2.65. The summed E-state index contributed by atoms with van der Waals surface area (Å²) in [6, 6.07) is -1.13. The largest absolute Gasteiger partial charge is 0.726 e. The highest BCUT2D eigenvalue weighted by Crippen LogP contribution is 2.68. The molecule has 46 heavy (non-hydrogen) atoms. The summed E-state index contributed by atoms with van der Waals surface area (Å²) in [7, 11) is -4.91. The lowest BCUT2D eigenvalue weighted by molar-refractivity contribution is -0.306. The minimum Gasteiger partial charge on any atom is -0.726 e. The maximum Gasteiger partial charge on any atom is 0.217 e. The van der Waals surface area contributed by atoms with Crippen LogP contribution in [0.1, 0.15) is 85.5 Å². The number of hydrogen-bond donors (Lipinski definition) is 4. The van der Waals surface area contributed by atoms with Crippen LogP contribution in [-0.4, -0.2) is 89.6 Å². The molecule has 262 valence electrons. The second-order valence-electron chi connectivity index (χ2n) is 14.9. The normalized spacial score (nSPS) is 44.7. The number of aliphatic hydroxyl groups is 3. The number of carboxylic acid groups (broad SMARTS) is 1. The van der Waals surface area contributed by atoms with Gasteiger partial charge in [0.25, 0.3) is 0 Å². The van der Waals surface area contributed by atoms with E-state index in [-0.39, 0.29) is 53.3 Å². The lowest BCUT2D eigenvalue weighted by Gasteiger charge is -2.60. The first-order chi connectivity index (χ1) is 21.5. The summed E-state index contributed by atoms with van der Waals surface area (Å²) < 4.78 is 52.1. The Morgan fingerprint density at radius 2 is 1.85 bits per heavy atom. The van der Waals surface area contributed by atoms with E-state index in [4.69, 9.17) is 13.7 Å². The average molecular weight is 672 g/mol. The molecule has 1 aliphatic heterocycles. The highest BCUT2D eigenvalue weighted by atomic mass is 32.3. The van der Waals surface area contributed by atoms with Crippen molar-refractivity contribution in [3.63, 3.8) is 0 Å². The van der Waals surface area contributed by atoms with Crippen molar-refractivity contribution < 1.29 is 56.6 Å². The second kappa shape index (κ2) is 13.3. The highest BCUT2D eigenvalue weighted by molar-refractivity contribution is 7.80. The summed E-state index contributed by atoms with van der Waals surface area (Å²) in [6.07, 6.45) is 0.637. The summed E-state index contributed by atoms with van der Waals surface area (Å²) in [4.78, 5) is 23.4. The topological polar surface area (TPSA) is 215 Å². The summed E-state index contributed by atoms with van der Waals surface area (Å²) >= 11 is 0. The van der Waals surface area contributed by atoms with Gasteiger partial charge in [-0.05, 0) is 98.2 Å². The summed E-state index contributed by atoms with van der Waals surface area (Å²) in [6.45, 7) is 7.28. The van der Waals surface area contributed by atoms with Crippen LogP contribution in [0.5, 0.6) is 0 Å². The van der Waals surface area contributed by atoms with E-state index in [2.05, 4.69) is 26.1 Å². The smallest absolute Gasteiger partial charge is 0.217 e. The van der Waals surface area contributed by atoms with Crippen LogP contribution in [0.15, 0.2) is 11.6 Å². The van der Waals surface area contributed by atoms with Crippen LogP contribution >= 0.6 is 0 Å². The standard InChI is InChI=1S/C32H51NO12S/c1-16(5-8-25(36)37)20-6-7-21-26-22(10-12-32(20,21)4)31(3)11-9-19(45-46(40,41)42)13-18(31)14-23(26)43-30-27(33-17(2)35)29(39)28(38)24(15-34)44-30/h14,16,19-24,26-30,34,38-39H,5-13,15H2,1-4H3,(H,33,35)(H,36,37)(H,40,41,42)/p-2/t16-,19+,20-,21+,22+,23+,24-,26+,27-,28-,29-,30-,31+,32-/m1/s1. The zero-order valence-corrected chi connectivity index (χ0v) is 27.8. The molecule has 5 aliphatic rings. The molecule has 5 rings (SSSR count). The highest BCUT2D eigenvalue weighted by Gasteiger charge is 2.62. The van der Waals surface area contributed by atoms with E-state index < -0.39 is 71.7 Å². The molecular formula is C32H49NO12S-2. The van der Waals surface area contributed by atoms with E-state index in [9.17, 15) is 43.0 Å². The van der Waals surface area contributed by atoms with Gasteiger partial charge in [-0.3, -0.25) is 8.98 Å². The van der Waals surface area contributed by atoms with E-state index in [1.54, 1.807) is 0 Å². The minimum absolute atomic E-state index is 0.00640. The molecule has 0 radical (unpaired) electrons. The van der Waals surface area contributed by atoms with E-state index in [0.717, 1.165) is 31.3 Å². The molecule has 3 saturated carbocycles. The maximum absolute atomic E-state index is 12.1. The fraction of sp³-hybridized carbons (Fsp3) is 0.875. The average Bonchev–Trinajstić information content (AvgIpc) is 3.32. The number of carbonyl (C=O) groups is 2. The third-order valence-electron chi connectivity index (χ3n) is 12.4. The Balaban J connectivity index is 1.52. The quantitative estimate of drug-likeness (QED) is 0.142. The number of amides is 1. The molecule has 0 unspecified atom stereocenters. The third-order valence-corrected chi connectivity index (χ3v) is 12.9. The van der Waals surface area contributed by atoms with Gasteiger partial charge in [-0.2, -0.15) is 0 Å². The molecule has 14 heteroatoms. The van der Waals surface area contributed by atoms with E-state index >= 15 is 0 Å². The number of fused-ring (bicyclic) bond motifs is 5. The molecule has 0 aromatic heterocycles. The Morgan fingerprint density at radius 1 is 1.13 bits per heavy atom. The first-order valence-corrected chi connectivity index (χ1v) is 17.9. The SMILES string of the molecule is CC(=O)N[C@H]1[C@H](O[C@H]2C=C3C[C@@H](OS(=O)(=O)[O-])CC[C@]3(C)[C@H]3CC[C@]4(C)[C@@H]([C@H](C)CCC(=O)[O-])CC[C@H]4[C@H]23)O[C@H](CO)[C@@H](O)[C@@H]1O. The Morgan fingerprint density at radius 3 is 2.48 bits per heavy atom. The van der Waals surface area contributed by atoms with Gasteiger partial charge in [0.2, 0.25) is 16.3 Å². The molecule has 0 spiro atoms. The number of ether oxygens (including phenoxy) is 2. The summed E-state index contributed by atoms with van der Waals surface area (Å²) in [5.74, 6) is -0.802. The first-order valence-electron chi connectivity index (χ1n) is 16.6. The molecule has 14 atom stereocenters. The Kier molecular flexibility index (Phi) is 10.3. The van der Waals surface area contributed by atoms with Gasteiger partial charge in [-0.15, -0.1) is 0 Å². The van der Waals surface area contributed by atoms with Crippen molar-refractivity contribution in [2.24, 2.45) is 40.4 Å². The van der Waals surface area contributed by atoms with Crippen LogP contribution in [0.25, 0.3) is 0 Å². The minimum atomic E-state index is -4.91. The molecule has 4 aliphatic carbocycles. The van der Waals surface area contributed by atoms with Crippen molar-refractivity contribution in [3.8, 4) is 0 Å². The molecule has 0 aromatic carbocycles. The predicted molar refractivity (Wildman–Crippen MR) is 159 cm³/mol. The van der Waals surface area contributed by atoms with Gasteiger partial charge in [0.15, 0.2) is 6.29 Å². The molecule has 0 aromatic rings. The van der Waals surface area contributed by atoms with Crippen molar-refractivity contribution in [2.75, 3.05) is 6.61 Å². The lowest BCUT2D eigenvalue weighted by atomic mass is 9.46. The monoisotopic (exact) mass is 671 g/mol. The van der Waals surface area contributed by atoms with Crippen LogP contribution in [0.2, 0.25) is 0 Å². The van der Waals surface area contributed by atoms with Crippen LogP contribution in [0.4, 0.5) is 0 Å². The van der Waals surface area contributed by atoms with Gasteiger partial charge >= 0.3 is 0 Å². The van der Waals surface area contributed by atoms with Gasteiger partial charge in [0.05, 0.1) is 18.8 Å². The van der Waals surface area contributed by atoms with Crippen molar-refractivity contribution in [1.82, 2.24) is 5.32 Å². The molecule has 4 fully saturated rings. The number of carboxylic acids is 1. The number of carbonyl (C=O) groups excluding carboxylic acids is 2. The number of rotatable bonds is 10. The maximum atomic E-state index is 12.1. The van der Waals surface area contributed by atoms with Gasteiger partial charge in [-0.25, -0.2) is 8.42 Å². The first kappa shape index (κ1) is 35.7.